The summed E-state index contributed by atoms with van der Waals surface area (Å²) >= 11 is 0. The lowest BCUT2D eigenvalue weighted by atomic mass is 10.1. The number of aliphatic imine (C=N–C) groups is 1. The van der Waals surface area contributed by atoms with Crippen LogP contribution in [0.4, 0.5) is 4.39 Å². The van der Waals surface area contributed by atoms with Gasteiger partial charge in [0.1, 0.15) is 5.82 Å². The average Bonchev–Trinajstić information content (AvgIpc) is 2.63. The molecule has 0 atom stereocenters. The third-order valence-electron chi connectivity index (χ3n) is 3.74. The van der Waals surface area contributed by atoms with Gasteiger partial charge in [-0.15, -0.1) is 0 Å². The molecule has 0 fully saturated rings. The van der Waals surface area contributed by atoms with Crippen LogP contribution in [0, 0.1) is 5.82 Å². The number of nitrogens with zero attached hydrogens (tertiary/aromatic N) is 1. The second kappa shape index (κ2) is 9.16. The summed E-state index contributed by atoms with van der Waals surface area (Å²) in [4.78, 5) is 4.32. The first kappa shape index (κ1) is 21.8. The Labute approximate surface area is 166 Å². The van der Waals surface area contributed by atoms with Crippen LogP contribution in [-0.2, 0) is 23.1 Å². The van der Waals surface area contributed by atoms with Crippen LogP contribution in [-0.4, -0.2) is 27.0 Å². The molecule has 28 heavy (non-hydrogen) atoms. The van der Waals surface area contributed by atoms with Crippen molar-refractivity contribution in [2.75, 3.05) is 7.05 Å². The fraction of sp³-hybridized carbons (Fsp3) is 0.350. The van der Waals surface area contributed by atoms with Gasteiger partial charge in [-0.1, -0.05) is 24.3 Å². The first-order valence-corrected chi connectivity index (χ1v) is 10.4. The van der Waals surface area contributed by atoms with Gasteiger partial charge in [0, 0.05) is 25.7 Å². The molecule has 2 aromatic carbocycles. The molecule has 0 bridgehead atoms. The van der Waals surface area contributed by atoms with Crippen LogP contribution < -0.4 is 15.4 Å². The molecule has 0 saturated heterocycles. The summed E-state index contributed by atoms with van der Waals surface area (Å²) < 4.78 is 40.9. The van der Waals surface area contributed by atoms with Crippen molar-refractivity contribution < 1.29 is 12.8 Å². The van der Waals surface area contributed by atoms with Gasteiger partial charge in [-0.2, -0.15) is 0 Å². The van der Waals surface area contributed by atoms with Crippen LogP contribution in [0.1, 0.15) is 31.9 Å². The molecule has 3 N–H and O–H groups in total. The molecule has 0 aliphatic carbocycles. The fourth-order valence-corrected chi connectivity index (χ4v) is 3.54. The van der Waals surface area contributed by atoms with Crippen LogP contribution in [0.3, 0.4) is 0 Å². The third kappa shape index (κ3) is 6.94. The van der Waals surface area contributed by atoms with E-state index in [2.05, 4.69) is 20.3 Å². The molecule has 8 heteroatoms. The SMILES string of the molecule is CN=C(NCc1cccc(S(=O)(=O)NCc2cccc(F)c2)c1)NC(C)(C)C. The van der Waals surface area contributed by atoms with Crippen LogP contribution in [0.15, 0.2) is 58.4 Å². The van der Waals surface area contributed by atoms with Crippen LogP contribution in [0.5, 0.6) is 0 Å². The van der Waals surface area contributed by atoms with Gasteiger partial charge in [-0.3, -0.25) is 4.99 Å². The van der Waals surface area contributed by atoms with Crippen molar-refractivity contribution in [2.24, 2.45) is 4.99 Å². The number of guanidine groups is 1. The number of rotatable bonds is 6. The minimum absolute atomic E-state index is 0.0186. The molecule has 2 rings (SSSR count). The lowest BCUT2D eigenvalue weighted by molar-refractivity contribution is 0.501. The fourth-order valence-electron chi connectivity index (χ4n) is 2.45. The monoisotopic (exact) mass is 406 g/mol. The van der Waals surface area contributed by atoms with E-state index in [1.807, 2.05) is 26.8 Å². The number of hydrogen-bond donors (Lipinski definition) is 3. The smallest absolute Gasteiger partial charge is 0.240 e. The van der Waals surface area contributed by atoms with E-state index in [0.29, 0.717) is 18.1 Å². The predicted octanol–water partition coefficient (Wildman–Crippen LogP) is 2.77. The van der Waals surface area contributed by atoms with Crippen molar-refractivity contribution in [1.82, 2.24) is 15.4 Å². The van der Waals surface area contributed by atoms with Crippen molar-refractivity contribution in [2.45, 2.75) is 44.3 Å². The van der Waals surface area contributed by atoms with E-state index < -0.39 is 15.8 Å². The van der Waals surface area contributed by atoms with Gasteiger partial charge in [0.15, 0.2) is 5.96 Å². The normalized spacial score (nSPS) is 12.7. The summed E-state index contributed by atoms with van der Waals surface area (Å²) in [6.45, 7) is 6.51. The number of hydrogen-bond acceptors (Lipinski definition) is 3. The van der Waals surface area contributed by atoms with Gasteiger partial charge in [0.05, 0.1) is 4.90 Å². The molecule has 152 valence electrons. The largest absolute Gasteiger partial charge is 0.352 e. The zero-order valence-electron chi connectivity index (χ0n) is 16.6. The summed E-state index contributed by atoms with van der Waals surface area (Å²) in [5, 5.41) is 6.41. The Hall–Kier alpha value is -2.45. The highest BCUT2D eigenvalue weighted by Gasteiger charge is 2.15. The first-order valence-electron chi connectivity index (χ1n) is 8.91. The molecule has 0 heterocycles. The van der Waals surface area contributed by atoms with E-state index in [0.717, 1.165) is 5.56 Å². The molecular formula is C20H27FN4O2S. The number of benzene rings is 2. The van der Waals surface area contributed by atoms with Crippen molar-refractivity contribution >= 4 is 16.0 Å². The second-order valence-electron chi connectivity index (χ2n) is 7.40. The Balaban J connectivity index is 2.04. The molecule has 2 aromatic rings. The van der Waals surface area contributed by atoms with Gasteiger partial charge < -0.3 is 10.6 Å². The minimum Gasteiger partial charge on any atom is -0.352 e. The minimum atomic E-state index is -3.71. The quantitative estimate of drug-likeness (QED) is 0.509. The molecule has 0 aliphatic rings. The maximum absolute atomic E-state index is 13.2. The molecule has 0 unspecified atom stereocenters. The third-order valence-corrected chi connectivity index (χ3v) is 5.14. The molecule has 0 aromatic heterocycles. The molecule has 0 spiro atoms. The highest BCUT2D eigenvalue weighted by Crippen LogP contribution is 2.13. The maximum atomic E-state index is 13.2. The number of nitrogens with one attached hydrogen (secondary N) is 3. The van der Waals surface area contributed by atoms with E-state index in [9.17, 15) is 12.8 Å². The van der Waals surface area contributed by atoms with Gasteiger partial charge in [-0.05, 0) is 56.2 Å². The Morgan fingerprint density at radius 2 is 1.68 bits per heavy atom. The van der Waals surface area contributed by atoms with Crippen LogP contribution in [0.25, 0.3) is 0 Å². The average molecular weight is 407 g/mol. The Morgan fingerprint density at radius 1 is 1.04 bits per heavy atom. The standard InChI is InChI=1S/C20H27FN4O2S/c1-20(2,3)25-19(22-4)23-13-16-8-6-10-18(12-16)28(26,27)24-14-15-7-5-9-17(21)11-15/h5-12,24H,13-14H2,1-4H3,(H2,22,23,25). The molecule has 0 radical (unpaired) electrons. The van der Waals surface area contributed by atoms with E-state index in [-0.39, 0.29) is 17.0 Å². The predicted molar refractivity (Wildman–Crippen MR) is 110 cm³/mol. The van der Waals surface area contributed by atoms with Crippen LogP contribution >= 0.6 is 0 Å². The van der Waals surface area contributed by atoms with Crippen molar-refractivity contribution in [3.63, 3.8) is 0 Å². The Bertz CT molecular complexity index is 937. The van der Waals surface area contributed by atoms with Gasteiger partial charge in [0.25, 0.3) is 0 Å². The zero-order chi connectivity index (χ0) is 20.8. The van der Waals surface area contributed by atoms with E-state index >= 15 is 0 Å². The summed E-state index contributed by atoms with van der Waals surface area (Å²) in [6.07, 6.45) is 0. The summed E-state index contributed by atoms with van der Waals surface area (Å²) in [5.74, 6) is 0.229. The number of sulfonamides is 1. The van der Waals surface area contributed by atoms with Gasteiger partial charge in [0.2, 0.25) is 10.0 Å². The lowest BCUT2D eigenvalue weighted by Gasteiger charge is -2.23. The highest BCUT2D eigenvalue weighted by atomic mass is 32.2. The van der Waals surface area contributed by atoms with Crippen molar-refractivity contribution in [1.29, 1.82) is 0 Å². The van der Waals surface area contributed by atoms with Gasteiger partial charge >= 0.3 is 0 Å². The Kier molecular flexibility index (Phi) is 7.15. The lowest BCUT2D eigenvalue weighted by Crippen LogP contribution is -2.47. The molecule has 6 nitrogen and oxygen atoms in total. The number of halogens is 1. The second-order valence-corrected chi connectivity index (χ2v) is 9.17. The molecule has 0 aliphatic heterocycles. The zero-order valence-corrected chi connectivity index (χ0v) is 17.4. The van der Waals surface area contributed by atoms with E-state index in [1.165, 1.54) is 18.2 Å². The Morgan fingerprint density at radius 3 is 2.29 bits per heavy atom. The van der Waals surface area contributed by atoms with E-state index in [1.54, 1.807) is 31.3 Å². The molecule has 0 saturated carbocycles. The summed E-state index contributed by atoms with van der Waals surface area (Å²) in [5.41, 5.74) is 1.21. The summed E-state index contributed by atoms with van der Waals surface area (Å²) in [6, 6.07) is 12.5. The van der Waals surface area contributed by atoms with Crippen molar-refractivity contribution in [3.8, 4) is 0 Å². The molecular weight excluding hydrogens is 379 g/mol. The highest BCUT2D eigenvalue weighted by molar-refractivity contribution is 7.89. The van der Waals surface area contributed by atoms with Gasteiger partial charge in [-0.25, -0.2) is 17.5 Å². The maximum Gasteiger partial charge on any atom is 0.240 e. The van der Waals surface area contributed by atoms with Crippen molar-refractivity contribution in [3.05, 3.63) is 65.5 Å². The van der Waals surface area contributed by atoms with E-state index in [4.69, 9.17) is 0 Å². The van der Waals surface area contributed by atoms with Crippen LogP contribution in [0.2, 0.25) is 0 Å². The first-order chi connectivity index (χ1) is 13.1. The topological polar surface area (TPSA) is 82.6 Å². The summed E-state index contributed by atoms with van der Waals surface area (Å²) in [7, 11) is -2.03. The molecule has 0 amide bonds.